The molecule has 0 radical (unpaired) electrons. The molecule has 0 aromatic heterocycles. The summed E-state index contributed by atoms with van der Waals surface area (Å²) in [5.74, 6) is 0. The Morgan fingerprint density at radius 2 is 1.85 bits per heavy atom. The molecular formula is C10H21FNP. The highest BCUT2D eigenvalue weighted by Gasteiger charge is 2.41. The molecule has 13 heavy (non-hydrogen) atoms. The zero-order valence-corrected chi connectivity index (χ0v) is 10.3. The minimum Gasteiger partial charge on any atom is -0.292 e. The Morgan fingerprint density at radius 1 is 1.31 bits per heavy atom. The highest BCUT2D eigenvalue weighted by molar-refractivity contribution is 7.18. The Labute approximate surface area is 83.3 Å². The lowest BCUT2D eigenvalue weighted by molar-refractivity contribution is 0.0602. The van der Waals surface area contributed by atoms with Crippen LogP contribution in [0, 0.1) is 0 Å². The number of halogens is 1. The van der Waals surface area contributed by atoms with Gasteiger partial charge >= 0.3 is 0 Å². The molecule has 1 saturated heterocycles. The fourth-order valence-corrected chi connectivity index (χ4v) is 2.50. The first-order valence-electron chi connectivity index (χ1n) is 4.97. The third kappa shape index (κ3) is 2.63. The maximum Gasteiger partial charge on any atom is 0.136 e. The predicted octanol–water partition coefficient (Wildman–Crippen LogP) is 2.81. The number of hydrogen-bond acceptors (Lipinski definition) is 1. The van der Waals surface area contributed by atoms with Crippen LogP contribution in [0.4, 0.5) is 4.39 Å². The van der Waals surface area contributed by atoms with E-state index in [-0.39, 0.29) is 11.6 Å². The zero-order chi connectivity index (χ0) is 10.3. The van der Waals surface area contributed by atoms with Crippen molar-refractivity contribution in [2.75, 3.05) is 6.54 Å². The molecule has 0 N–H and O–H groups in total. The normalized spacial score (nSPS) is 30.5. The predicted molar refractivity (Wildman–Crippen MR) is 58.7 cm³/mol. The molecule has 0 aliphatic carbocycles. The first-order valence-corrected chi connectivity index (χ1v) is 5.55. The minimum atomic E-state index is -1.15. The number of rotatable bonds is 1. The molecule has 0 spiro atoms. The van der Waals surface area contributed by atoms with Crippen LogP contribution >= 0.6 is 9.24 Å². The molecule has 0 aromatic rings. The van der Waals surface area contributed by atoms with Crippen molar-refractivity contribution in [3.8, 4) is 0 Å². The van der Waals surface area contributed by atoms with Gasteiger partial charge in [-0.25, -0.2) is 4.39 Å². The average molecular weight is 205 g/mol. The second-order valence-corrected chi connectivity index (χ2v) is 6.30. The number of nitrogens with zero attached hydrogens (tertiary/aromatic N) is 1. The third-order valence-corrected chi connectivity index (χ3v) is 3.15. The minimum absolute atomic E-state index is 0.0671. The van der Waals surface area contributed by atoms with E-state index in [4.69, 9.17) is 0 Å². The maximum absolute atomic E-state index is 13.8. The van der Waals surface area contributed by atoms with E-state index in [0.29, 0.717) is 0 Å². The Kier molecular flexibility index (Phi) is 3.04. The molecule has 0 amide bonds. The molecular weight excluding hydrogens is 184 g/mol. The van der Waals surface area contributed by atoms with Gasteiger partial charge in [-0.05, 0) is 47.1 Å². The smallest absolute Gasteiger partial charge is 0.136 e. The number of hydrogen-bond donors (Lipinski definition) is 0. The second-order valence-electron chi connectivity index (χ2n) is 5.17. The van der Waals surface area contributed by atoms with Crippen molar-refractivity contribution in [1.29, 1.82) is 0 Å². The van der Waals surface area contributed by atoms with Crippen molar-refractivity contribution in [1.82, 2.24) is 4.90 Å². The summed E-state index contributed by atoms with van der Waals surface area (Å²) in [4.78, 5) is 2.28. The molecule has 1 nitrogen and oxygen atoms in total. The molecule has 0 bridgehead atoms. The molecule has 1 rings (SSSR count). The van der Waals surface area contributed by atoms with Crippen LogP contribution in [0.15, 0.2) is 0 Å². The third-order valence-electron chi connectivity index (χ3n) is 2.77. The maximum atomic E-state index is 13.8. The van der Waals surface area contributed by atoms with Crippen LogP contribution in [0.25, 0.3) is 0 Å². The van der Waals surface area contributed by atoms with Gasteiger partial charge in [-0.1, -0.05) is 9.24 Å². The highest BCUT2D eigenvalue weighted by atomic mass is 31.0. The lowest BCUT2D eigenvalue weighted by atomic mass is 10.0. The van der Waals surface area contributed by atoms with Gasteiger partial charge < -0.3 is 0 Å². The lowest BCUT2D eigenvalue weighted by Crippen LogP contribution is -2.50. The first-order chi connectivity index (χ1) is 5.73. The van der Waals surface area contributed by atoms with Crippen molar-refractivity contribution in [2.24, 2.45) is 0 Å². The zero-order valence-electron chi connectivity index (χ0n) is 9.10. The summed E-state index contributed by atoms with van der Waals surface area (Å²) in [5, 5.41) is -1.15. The topological polar surface area (TPSA) is 3.24 Å². The van der Waals surface area contributed by atoms with Crippen LogP contribution in [0.2, 0.25) is 0 Å². The highest BCUT2D eigenvalue weighted by Crippen LogP contribution is 2.38. The van der Waals surface area contributed by atoms with Gasteiger partial charge in [0.15, 0.2) is 0 Å². The summed E-state index contributed by atoms with van der Waals surface area (Å²) in [6.07, 6.45) is 2.10. The molecule has 1 fully saturated rings. The van der Waals surface area contributed by atoms with Crippen LogP contribution in [0.3, 0.4) is 0 Å². The van der Waals surface area contributed by atoms with E-state index in [1.54, 1.807) is 6.92 Å². The van der Waals surface area contributed by atoms with E-state index in [1.807, 2.05) is 0 Å². The van der Waals surface area contributed by atoms with Gasteiger partial charge in [0.05, 0.1) is 0 Å². The summed E-state index contributed by atoms with van der Waals surface area (Å²) >= 11 is 0. The van der Waals surface area contributed by atoms with E-state index in [9.17, 15) is 4.39 Å². The SMILES string of the molecule is CC(F)(P)C1CCCN1C(C)(C)C. The Morgan fingerprint density at radius 3 is 2.15 bits per heavy atom. The molecule has 1 aliphatic heterocycles. The second kappa shape index (κ2) is 3.47. The fraction of sp³-hybridized carbons (Fsp3) is 1.00. The summed E-state index contributed by atoms with van der Waals surface area (Å²) in [7, 11) is 2.33. The van der Waals surface area contributed by atoms with Gasteiger partial charge in [0.25, 0.3) is 0 Å². The molecule has 0 aromatic carbocycles. The summed E-state index contributed by atoms with van der Waals surface area (Å²) < 4.78 is 13.8. The van der Waals surface area contributed by atoms with Crippen LogP contribution in [0.5, 0.6) is 0 Å². The molecule has 3 heteroatoms. The first kappa shape index (κ1) is 11.4. The van der Waals surface area contributed by atoms with Crippen molar-refractivity contribution >= 4 is 9.24 Å². The van der Waals surface area contributed by atoms with Crippen LogP contribution in [0.1, 0.15) is 40.5 Å². The lowest BCUT2D eigenvalue weighted by Gasteiger charge is -2.40. The van der Waals surface area contributed by atoms with Crippen molar-refractivity contribution in [2.45, 2.75) is 57.5 Å². The quantitative estimate of drug-likeness (QED) is 0.595. The summed E-state index contributed by atoms with van der Waals surface area (Å²) in [6, 6.07) is 0.0671. The monoisotopic (exact) mass is 205 g/mol. The van der Waals surface area contributed by atoms with E-state index in [0.717, 1.165) is 19.4 Å². The van der Waals surface area contributed by atoms with Gasteiger partial charge in [0.1, 0.15) is 5.41 Å². The van der Waals surface area contributed by atoms with Crippen LogP contribution in [-0.2, 0) is 0 Å². The average Bonchev–Trinajstić information content (AvgIpc) is 2.27. The fourth-order valence-electron chi connectivity index (χ4n) is 2.16. The largest absolute Gasteiger partial charge is 0.292 e. The number of alkyl halides is 1. The Bertz CT molecular complexity index is 160. The Balaban J connectivity index is 2.76. The number of likely N-dealkylation sites (tertiary alicyclic amines) is 1. The van der Waals surface area contributed by atoms with E-state index in [1.165, 1.54) is 0 Å². The summed E-state index contributed by atoms with van der Waals surface area (Å²) in [6.45, 7) is 9.15. The van der Waals surface area contributed by atoms with Crippen LogP contribution < -0.4 is 0 Å². The van der Waals surface area contributed by atoms with Gasteiger partial charge in [-0.2, -0.15) is 0 Å². The van der Waals surface area contributed by atoms with Crippen molar-refractivity contribution < 1.29 is 4.39 Å². The van der Waals surface area contributed by atoms with Gasteiger partial charge in [-0.3, -0.25) is 4.90 Å². The molecule has 1 aliphatic rings. The molecule has 1 heterocycles. The van der Waals surface area contributed by atoms with Gasteiger partial charge in [0.2, 0.25) is 0 Å². The molecule has 3 atom stereocenters. The van der Waals surface area contributed by atoms with Gasteiger partial charge in [0, 0.05) is 11.6 Å². The molecule has 78 valence electrons. The molecule has 3 unspecified atom stereocenters. The van der Waals surface area contributed by atoms with E-state index < -0.39 is 5.41 Å². The van der Waals surface area contributed by atoms with Crippen molar-refractivity contribution in [3.05, 3.63) is 0 Å². The van der Waals surface area contributed by atoms with Crippen LogP contribution in [-0.4, -0.2) is 28.4 Å². The van der Waals surface area contributed by atoms with Gasteiger partial charge in [-0.15, -0.1) is 0 Å². The standard InChI is InChI=1S/C10H21FNP/c1-9(2,3)12-7-5-6-8(12)10(4,11)13/h8H,5-7,13H2,1-4H3. The summed E-state index contributed by atoms with van der Waals surface area (Å²) in [5.41, 5.74) is 0.0884. The molecule has 0 saturated carbocycles. The van der Waals surface area contributed by atoms with E-state index in [2.05, 4.69) is 34.9 Å². The van der Waals surface area contributed by atoms with E-state index >= 15 is 0 Å². The Hall–Kier alpha value is 0.320. The van der Waals surface area contributed by atoms with Crippen molar-refractivity contribution in [3.63, 3.8) is 0 Å².